The molecule has 2 aromatic carbocycles. The Labute approximate surface area is 188 Å². The fourth-order valence-electron chi connectivity index (χ4n) is 3.44. The molecule has 174 valence electrons. The smallest absolute Gasteiger partial charge is 0.435 e. The molecule has 9 heteroatoms. The highest BCUT2D eigenvalue weighted by molar-refractivity contribution is 5.94. The SMILES string of the molecule is O=C(NCCCn1nc(C(F)(F)F)cc1C1CC1)c1ccc(COc2ccc(F)cc2)cc1. The minimum atomic E-state index is -4.46. The molecular formula is C24H23F4N3O2. The zero-order valence-electron chi connectivity index (χ0n) is 17.7. The van der Waals surface area contributed by atoms with E-state index >= 15 is 0 Å². The molecule has 5 nitrogen and oxygen atoms in total. The van der Waals surface area contributed by atoms with Crippen LogP contribution in [0.4, 0.5) is 17.6 Å². The number of carbonyl (C=O) groups excluding carboxylic acids is 1. The summed E-state index contributed by atoms with van der Waals surface area (Å²) in [5.41, 5.74) is 1.07. The van der Waals surface area contributed by atoms with Gasteiger partial charge >= 0.3 is 6.18 Å². The Kier molecular flexibility index (Phi) is 6.67. The van der Waals surface area contributed by atoms with Gasteiger partial charge in [0.15, 0.2) is 5.69 Å². The molecule has 1 heterocycles. The van der Waals surface area contributed by atoms with Gasteiger partial charge in [-0.2, -0.15) is 18.3 Å². The van der Waals surface area contributed by atoms with E-state index in [2.05, 4.69) is 10.4 Å². The van der Waals surface area contributed by atoms with Gasteiger partial charge in [0.2, 0.25) is 0 Å². The van der Waals surface area contributed by atoms with E-state index in [4.69, 9.17) is 4.74 Å². The Balaban J connectivity index is 1.24. The van der Waals surface area contributed by atoms with Crippen molar-refractivity contribution in [1.82, 2.24) is 15.1 Å². The molecule has 1 fully saturated rings. The average Bonchev–Trinajstić information content (AvgIpc) is 3.54. The minimum Gasteiger partial charge on any atom is -0.489 e. The van der Waals surface area contributed by atoms with Crippen LogP contribution in [0.3, 0.4) is 0 Å². The third-order valence-corrected chi connectivity index (χ3v) is 5.36. The van der Waals surface area contributed by atoms with Crippen LogP contribution in [0.2, 0.25) is 0 Å². The molecular weight excluding hydrogens is 438 g/mol. The number of halogens is 4. The summed E-state index contributed by atoms with van der Waals surface area (Å²) in [5.74, 6) is 0.0907. The third-order valence-electron chi connectivity index (χ3n) is 5.36. The van der Waals surface area contributed by atoms with Crippen molar-refractivity contribution in [2.75, 3.05) is 6.54 Å². The van der Waals surface area contributed by atoms with E-state index in [9.17, 15) is 22.4 Å². The summed E-state index contributed by atoms with van der Waals surface area (Å²) < 4.78 is 58.8. The summed E-state index contributed by atoms with van der Waals surface area (Å²) in [7, 11) is 0. The highest BCUT2D eigenvalue weighted by atomic mass is 19.4. The van der Waals surface area contributed by atoms with Gasteiger partial charge in [0.05, 0.1) is 0 Å². The van der Waals surface area contributed by atoms with Crippen LogP contribution in [0, 0.1) is 5.82 Å². The first-order valence-electron chi connectivity index (χ1n) is 10.7. The van der Waals surface area contributed by atoms with E-state index in [0.29, 0.717) is 36.5 Å². The van der Waals surface area contributed by atoms with E-state index in [1.54, 1.807) is 24.3 Å². The summed E-state index contributed by atoms with van der Waals surface area (Å²) in [6, 6.07) is 13.7. The zero-order chi connectivity index (χ0) is 23.4. The zero-order valence-corrected chi connectivity index (χ0v) is 17.7. The number of ether oxygens (including phenoxy) is 1. The van der Waals surface area contributed by atoms with Gasteiger partial charge < -0.3 is 10.1 Å². The Hall–Kier alpha value is -3.36. The van der Waals surface area contributed by atoms with Crippen LogP contribution < -0.4 is 10.1 Å². The Morgan fingerprint density at radius 2 is 1.79 bits per heavy atom. The van der Waals surface area contributed by atoms with Crippen molar-refractivity contribution in [3.8, 4) is 5.75 Å². The fourth-order valence-corrected chi connectivity index (χ4v) is 3.44. The lowest BCUT2D eigenvalue weighted by Crippen LogP contribution is -2.25. The number of benzene rings is 2. The number of nitrogens with zero attached hydrogens (tertiary/aromatic N) is 2. The first-order valence-corrected chi connectivity index (χ1v) is 10.7. The molecule has 0 radical (unpaired) electrons. The van der Waals surface area contributed by atoms with Gasteiger partial charge in [0.25, 0.3) is 5.91 Å². The first-order chi connectivity index (χ1) is 15.8. The second kappa shape index (κ2) is 9.64. The van der Waals surface area contributed by atoms with Crippen molar-refractivity contribution < 1.29 is 27.1 Å². The van der Waals surface area contributed by atoms with Gasteiger partial charge in [0, 0.05) is 30.3 Å². The normalized spacial score (nSPS) is 13.7. The predicted molar refractivity (Wildman–Crippen MR) is 113 cm³/mol. The van der Waals surface area contributed by atoms with Crippen LogP contribution in [0.25, 0.3) is 0 Å². The minimum absolute atomic E-state index is 0.147. The number of aryl methyl sites for hydroxylation is 1. The first kappa shape index (κ1) is 22.8. The number of nitrogens with one attached hydrogen (secondary N) is 1. The van der Waals surface area contributed by atoms with Gasteiger partial charge in [0.1, 0.15) is 18.2 Å². The molecule has 0 bridgehead atoms. The topological polar surface area (TPSA) is 56.2 Å². The summed E-state index contributed by atoms with van der Waals surface area (Å²) in [5, 5.41) is 6.50. The fraction of sp³-hybridized carbons (Fsp3) is 0.333. The molecule has 3 aromatic rings. The van der Waals surface area contributed by atoms with Crippen molar-refractivity contribution >= 4 is 5.91 Å². The number of aromatic nitrogens is 2. The number of alkyl halides is 3. The average molecular weight is 461 g/mol. The monoisotopic (exact) mass is 461 g/mol. The lowest BCUT2D eigenvalue weighted by atomic mass is 10.1. The molecule has 1 aliphatic rings. The Morgan fingerprint density at radius 3 is 2.42 bits per heavy atom. The number of hydrogen-bond acceptors (Lipinski definition) is 3. The summed E-state index contributed by atoms with van der Waals surface area (Å²) in [6.45, 7) is 0.905. The summed E-state index contributed by atoms with van der Waals surface area (Å²) in [6.07, 6.45) is -2.23. The second-order valence-electron chi connectivity index (χ2n) is 8.00. The van der Waals surface area contributed by atoms with Crippen LogP contribution >= 0.6 is 0 Å². The summed E-state index contributed by atoms with van der Waals surface area (Å²) >= 11 is 0. The van der Waals surface area contributed by atoms with E-state index in [0.717, 1.165) is 24.5 Å². The molecule has 33 heavy (non-hydrogen) atoms. The molecule has 1 aliphatic carbocycles. The molecule has 0 unspecified atom stereocenters. The molecule has 4 rings (SSSR count). The molecule has 0 atom stereocenters. The standard InChI is InChI=1S/C24H23F4N3O2/c25-19-8-10-20(11-9-19)33-15-16-2-4-18(5-3-16)23(32)29-12-1-13-31-21(17-6-7-17)14-22(30-31)24(26,27)28/h2-5,8-11,14,17H,1,6-7,12-13,15H2,(H,29,32). The molecule has 1 N–H and O–H groups in total. The maximum Gasteiger partial charge on any atom is 0.435 e. The quantitative estimate of drug-likeness (QED) is 0.347. The molecule has 0 spiro atoms. The van der Waals surface area contributed by atoms with Crippen LogP contribution in [0.1, 0.15) is 52.5 Å². The largest absolute Gasteiger partial charge is 0.489 e. The number of carbonyl (C=O) groups is 1. The number of rotatable bonds is 9. The van der Waals surface area contributed by atoms with Gasteiger partial charge in [-0.1, -0.05) is 12.1 Å². The van der Waals surface area contributed by atoms with Crippen molar-refractivity contribution in [3.05, 3.63) is 82.9 Å². The lowest BCUT2D eigenvalue weighted by Gasteiger charge is -2.09. The van der Waals surface area contributed by atoms with Crippen molar-refractivity contribution in [1.29, 1.82) is 0 Å². The van der Waals surface area contributed by atoms with Crippen molar-refractivity contribution in [2.45, 2.75) is 44.5 Å². The molecule has 1 amide bonds. The molecule has 1 aromatic heterocycles. The molecule has 0 saturated heterocycles. The van der Waals surface area contributed by atoms with E-state index in [-0.39, 0.29) is 24.2 Å². The highest BCUT2D eigenvalue weighted by Crippen LogP contribution is 2.42. The lowest BCUT2D eigenvalue weighted by molar-refractivity contribution is -0.141. The summed E-state index contributed by atoms with van der Waals surface area (Å²) in [4.78, 5) is 12.4. The van der Waals surface area contributed by atoms with Crippen LogP contribution in [0.15, 0.2) is 54.6 Å². The number of hydrogen-bond donors (Lipinski definition) is 1. The van der Waals surface area contributed by atoms with Crippen LogP contribution in [0.5, 0.6) is 5.75 Å². The maximum absolute atomic E-state index is 13.0. The van der Waals surface area contributed by atoms with E-state index in [1.165, 1.54) is 28.9 Å². The number of amides is 1. The van der Waals surface area contributed by atoms with E-state index in [1.807, 2.05) is 0 Å². The van der Waals surface area contributed by atoms with Crippen molar-refractivity contribution in [3.63, 3.8) is 0 Å². The Bertz CT molecular complexity index is 1090. The van der Waals surface area contributed by atoms with Crippen LogP contribution in [-0.4, -0.2) is 22.2 Å². The van der Waals surface area contributed by atoms with Crippen LogP contribution in [-0.2, 0) is 19.3 Å². The Morgan fingerprint density at radius 1 is 1.09 bits per heavy atom. The maximum atomic E-state index is 13.0. The molecule has 1 saturated carbocycles. The van der Waals surface area contributed by atoms with Gasteiger partial charge in [-0.15, -0.1) is 0 Å². The van der Waals surface area contributed by atoms with Crippen molar-refractivity contribution in [2.24, 2.45) is 0 Å². The van der Waals surface area contributed by atoms with Gasteiger partial charge in [-0.25, -0.2) is 4.39 Å². The van der Waals surface area contributed by atoms with Gasteiger partial charge in [-0.05, 0) is 67.3 Å². The predicted octanol–water partition coefficient (Wildman–Crippen LogP) is 5.32. The second-order valence-corrected chi connectivity index (χ2v) is 8.00. The van der Waals surface area contributed by atoms with Gasteiger partial charge in [-0.3, -0.25) is 9.48 Å². The molecule has 0 aliphatic heterocycles. The third kappa shape index (κ3) is 6.12. The van der Waals surface area contributed by atoms with E-state index < -0.39 is 11.9 Å². The highest BCUT2D eigenvalue weighted by Gasteiger charge is 2.37.